The fourth-order valence-electron chi connectivity index (χ4n) is 3.88. The summed E-state index contributed by atoms with van der Waals surface area (Å²) in [4.78, 5) is 37.8. The first-order valence-corrected chi connectivity index (χ1v) is 9.98. The second kappa shape index (κ2) is 7.84. The Hall–Kier alpha value is -2.32. The summed E-state index contributed by atoms with van der Waals surface area (Å²) in [5, 5.41) is 25.0. The molecule has 0 spiro atoms. The number of amides is 3. The average Bonchev–Trinajstić information content (AvgIpc) is 2.99. The third-order valence-corrected chi connectivity index (χ3v) is 6.15. The molecule has 1 aliphatic carbocycles. The van der Waals surface area contributed by atoms with Gasteiger partial charge in [0.15, 0.2) is 0 Å². The first-order chi connectivity index (χ1) is 13.5. The van der Waals surface area contributed by atoms with Crippen LogP contribution in [0.5, 0.6) is 0 Å². The van der Waals surface area contributed by atoms with E-state index in [1.165, 1.54) is 4.90 Å². The molecule has 2 fully saturated rings. The molecular weight excluding hydrogens is 398 g/mol. The Bertz CT molecular complexity index is 843. The van der Waals surface area contributed by atoms with Crippen molar-refractivity contribution in [2.24, 2.45) is 5.41 Å². The lowest BCUT2D eigenvalue weighted by Crippen LogP contribution is -2.50. The Kier molecular flexibility index (Phi) is 5.78. The van der Waals surface area contributed by atoms with Gasteiger partial charge in [-0.25, -0.2) is 4.79 Å². The highest BCUT2D eigenvalue weighted by atomic mass is 35.5. The Balaban J connectivity index is 1.65. The van der Waals surface area contributed by atoms with E-state index in [0.717, 1.165) is 0 Å². The van der Waals surface area contributed by atoms with Crippen molar-refractivity contribution >= 4 is 29.5 Å². The third-order valence-electron chi connectivity index (χ3n) is 5.91. The van der Waals surface area contributed by atoms with Gasteiger partial charge in [0.05, 0.1) is 0 Å². The van der Waals surface area contributed by atoms with Gasteiger partial charge in [-0.15, -0.1) is 0 Å². The summed E-state index contributed by atoms with van der Waals surface area (Å²) in [5.41, 5.74) is -0.470. The summed E-state index contributed by atoms with van der Waals surface area (Å²) in [6.45, 7) is 4.36. The van der Waals surface area contributed by atoms with Gasteiger partial charge in [0.25, 0.3) is 5.91 Å². The van der Waals surface area contributed by atoms with E-state index in [0.29, 0.717) is 42.0 Å². The Labute approximate surface area is 174 Å². The van der Waals surface area contributed by atoms with Crippen molar-refractivity contribution in [3.63, 3.8) is 0 Å². The fourth-order valence-corrected chi connectivity index (χ4v) is 4.08. The molecule has 3 amide bonds. The van der Waals surface area contributed by atoms with Crippen LogP contribution in [0.3, 0.4) is 0 Å². The third kappa shape index (κ3) is 4.33. The van der Waals surface area contributed by atoms with Crippen LogP contribution in [-0.4, -0.2) is 51.2 Å². The molecule has 0 aromatic heterocycles. The van der Waals surface area contributed by atoms with Crippen molar-refractivity contribution in [2.75, 3.05) is 6.54 Å². The minimum atomic E-state index is -1.39. The maximum absolute atomic E-state index is 12.8. The monoisotopic (exact) mass is 423 g/mol. The van der Waals surface area contributed by atoms with Crippen molar-refractivity contribution < 1.29 is 24.6 Å². The number of halogens is 1. The molecule has 9 heteroatoms. The molecule has 4 N–H and O–H groups in total. The zero-order chi connectivity index (χ0) is 21.4. The van der Waals surface area contributed by atoms with E-state index in [1.54, 1.807) is 18.2 Å². The SMILES string of the molecule is CC1(C)C[C@@]1(O)C(=O)N1CCCC1C(=O)NCc1cc(Cl)ccc1CNC(=O)O. The van der Waals surface area contributed by atoms with E-state index in [9.17, 15) is 19.5 Å². The van der Waals surface area contributed by atoms with Gasteiger partial charge >= 0.3 is 6.09 Å². The molecule has 158 valence electrons. The number of nitrogens with one attached hydrogen (secondary N) is 2. The lowest BCUT2D eigenvalue weighted by molar-refractivity contribution is -0.149. The van der Waals surface area contributed by atoms with Crippen LogP contribution in [0.4, 0.5) is 4.79 Å². The second-order valence-electron chi connectivity index (χ2n) is 8.37. The average molecular weight is 424 g/mol. The van der Waals surface area contributed by atoms with Crippen molar-refractivity contribution in [2.45, 2.75) is 57.8 Å². The minimum Gasteiger partial charge on any atom is -0.465 e. The number of aliphatic hydroxyl groups is 1. The van der Waals surface area contributed by atoms with Crippen LogP contribution >= 0.6 is 11.6 Å². The molecular formula is C20H26ClN3O5. The van der Waals surface area contributed by atoms with Gasteiger partial charge in [-0.2, -0.15) is 0 Å². The van der Waals surface area contributed by atoms with E-state index < -0.39 is 23.2 Å². The van der Waals surface area contributed by atoms with E-state index >= 15 is 0 Å². The van der Waals surface area contributed by atoms with Crippen LogP contribution in [-0.2, 0) is 22.7 Å². The van der Waals surface area contributed by atoms with Crippen LogP contribution in [0.15, 0.2) is 18.2 Å². The Morgan fingerprint density at radius 2 is 1.86 bits per heavy atom. The first kappa shape index (κ1) is 21.4. The maximum atomic E-state index is 12.8. The van der Waals surface area contributed by atoms with Gasteiger partial charge < -0.3 is 25.7 Å². The van der Waals surface area contributed by atoms with E-state index in [2.05, 4.69) is 10.6 Å². The number of likely N-dealkylation sites (tertiary alicyclic amines) is 1. The van der Waals surface area contributed by atoms with Gasteiger partial charge in [-0.3, -0.25) is 9.59 Å². The van der Waals surface area contributed by atoms with Crippen LogP contribution in [0.1, 0.15) is 44.2 Å². The number of rotatable bonds is 6. The van der Waals surface area contributed by atoms with Gasteiger partial charge in [0.1, 0.15) is 11.6 Å². The van der Waals surface area contributed by atoms with Crippen molar-refractivity contribution in [3.8, 4) is 0 Å². The standard InChI is InChI=1S/C20H26ClN3O5/c1-19(2)11-20(19,29)17(26)24-7-3-4-15(24)16(25)22-10-13-8-14(21)6-5-12(13)9-23-18(27)28/h5-6,8,15,23,29H,3-4,7,9-11H2,1-2H3,(H,22,25)(H,27,28)/t15?,20-/m1/s1. The van der Waals surface area contributed by atoms with Gasteiger partial charge in [-0.1, -0.05) is 31.5 Å². The number of benzene rings is 1. The van der Waals surface area contributed by atoms with Crippen molar-refractivity contribution in [1.82, 2.24) is 15.5 Å². The summed E-state index contributed by atoms with van der Waals surface area (Å²) in [5.74, 6) is -0.677. The summed E-state index contributed by atoms with van der Waals surface area (Å²) in [7, 11) is 0. The molecule has 1 aromatic carbocycles. The predicted molar refractivity (Wildman–Crippen MR) is 106 cm³/mol. The molecule has 2 atom stereocenters. The molecule has 1 unspecified atom stereocenters. The molecule has 1 saturated carbocycles. The van der Waals surface area contributed by atoms with Crippen LogP contribution in [0, 0.1) is 5.41 Å². The molecule has 1 heterocycles. The minimum absolute atomic E-state index is 0.0911. The topological polar surface area (TPSA) is 119 Å². The highest BCUT2D eigenvalue weighted by Gasteiger charge is 2.67. The van der Waals surface area contributed by atoms with E-state index in [1.807, 2.05) is 13.8 Å². The summed E-state index contributed by atoms with van der Waals surface area (Å²) < 4.78 is 0. The van der Waals surface area contributed by atoms with Gasteiger partial charge in [0.2, 0.25) is 5.91 Å². The predicted octanol–water partition coefficient (Wildman–Crippen LogP) is 1.88. The van der Waals surface area contributed by atoms with Crippen LogP contribution < -0.4 is 10.6 Å². The Morgan fingerprint density at radius 1 is 1.21 bits per heavy atom. The molecule has 3 rings (SSSR count). The smallest absolute Gasteiger partial charge is 0.404 e. The second-order valence-corrected chi connectivity index (χ2v) is 8.80. The van der Waals surface area contributed by atoms with Crippen molar-refractivity contribution in [1.29, 1.82) is 0 Å². The number of hydrogen-bond donors (Lipinski definition) is 4. The number of carbonyl (C=O) groups is 3. The first-order valence-electron chi connectivity index (χ1n) is 9.60. The van der Waals surface area contributed by atoms with Gasteiger partial charge in [0, 0.05) is 30.1 Å². The summed E-state index contributed by atoms with van der Waals surface area (Å²) >= 11 is 6.04. The number of carboxylic acid groups (broad SMARTS) is 1. The molecule has 1 aromatic rings. The molecule has 8 nitrogen and oxygen atoms in total. The largest absolute Gasteiger partial charge is 0.465 e. The molecule has 1 saturated heterocycles. The van der Waals surface area contributed by atoms with E-state index in [4.69, 9.17) is 16.7 Å². The molecule has 0 bridgehead atoms. The lowest BCUT2D eigenvalue weighted by Gasteiger charge is -2.27. The Morgan fingerprint density at radius 3 is 2.48 bits per heavy atom. The molecule has 1 aliphatic heterocycles. The zero-order valence-electron chi connectivity index (χ0n) is 16.5. The normalized spacial score (nSPS) is 24.8. The van der Waals surface area contributed by atoms with Crippen LogP contribution in [0.25, 0.3) is 0 Å². The highest BCUT2D eigenvalue weighted by Crippen LogP contribution is 2.56. The number of hydrogen-bond acceptors (Lipinski definition) is 4. The quantitative estimate of drug-likeness (QED) is 0.557. The van der Waals surface area contributed by atoms with Crippen molar-refractivity contribution in [3.05, 3.63) is 34.3 Å². The molecule has 0 radical (unpaired) electrons. The molecule has 2 aliphatic rings. The van der Waals surface area contributed by atoms with Crippen LogP contribution in [0.2, 0.25) is 5.02 Å². The summed E-state index contributed by atoms with van der Waals surface area (Å²) in [6, 6.07) is 4.41. The number of nitrogens with zero attached hydrogens (tertiary/aromatic N) is 1. The van der Waals surface area contributed by atoms with E-state index in [-0.39, 0.29) is 24.9 Å². The number of carbonyl (C=O) groups excluding carboxylic acids is 2. The lowest BCUT2D eigenvalue weighted by atomic mass is 10.1. The maximum Gasteiger partial charge on any atom is 0.404 e. The fraction of sp³-hybridized carbons (Fsp3) is 0.550. The highest BCUT2D eigenvalue weighted by molar-refractivity contribution is 6.30. The molecule has 29 heavy (non-hydrogen) atoms. The zero-order valence-corrected chi connectivity index (χ0v) is 17.3. The summed E-state index contributed by atoms with van der Waals surface area (Å²) in [6.07, 6.45) is 0.491. The van der Waals surface area contributed by atoms with Gasteiger partial charge in [-0.05, 0) is 42.5 Å².